The maximum absolute atomic E-state index is 12.8. The lowest BCUT2D eigenvalue weighted by Gasteiger charge is -2.21. The third kappa shape index (κ3) is 4.13. The second-order valence-corrected chi connectivity index (χ2v) is 7.79. The van der Waals surface area contributed by atoms with Crippen LogP contribution in [0.25, 0.3) is 0 Å². The summed E-state index contributed by atoms with van der Waals surface area (Å²) in [5, 5.41) is 7.57. The Labute approximate surface area is 150 Å². The number of aryl methyl sites for hydroxylation is 1. The topological polar surface area (TPSA) is 64.0 Å². The monoisotopic (exact) mass is 345 g/mol. The van der Waals surface area contributed by atoms with Crippen LogP contribution in [0.3, 0.4) is 0 Å². The Morgan fingerprint density at radius 1 is 0.960 bits per heavy atom. The summed E-state index contributed by atoms with van der Waals surface area (Å²) in [6.07, 6.45) is 11.0. The first-order chi connectivity index (χ1) is 12.1. The van der Waals surface area contributed by atoms with Gasteiger partial charge >= 0.3 is 0 Å². The van der Waals surface area contributed by atoms with Gasteiger partial charge < -0.3 is 5.32 Å². The van der Waals surface area contributed by atoms with Crippen LogP contribution in [-0.4, -0.2) is 21.6 Å². The van der Waals surface area contributed by atoms with Crippen molar-refractivity contribution in [3.63, 3.8) is 0 Å². The third-order valence-corrected chi connectivity index (χ3v) is 6.02. The van der Waals surface area contributed by atoms with E-state index in [9.17, 15) is 9.59 Å². The SMILES string of the molecule is Cc1nn(C(=O)C2CCCCC2)c(C)c1CNC(=O)C1CCCCC1. The molecule has 25 heavy (non-hydrogen) atoms. The smallest absolute Gasteiger partial charge is 0.250 e. The van der Waals surface area contributed by atoms with Gasteiger partial charge in [-0.25, -0.2) is 4.68 Å². The van der Waals surface area contributed by atoms with Crippen LogP contribution in [0.1, 0.15) is 86.0 Å². The van der Waals surface area contributed by atoms with Gasteiger partial charge in [0.25, 0.3) is 0 Å². The summed E-state index contributed by atoms with van der Waals surface area (Å²) in [6.45, 7) is 4.35. The lowest BCUT2D eigenvalue weighted by Crippen LogP contribution is -2.31. The van der Waals surface area contributed by atoms with E-state index in [1.807, 2.05) is 13.8 Å². The van der Waals surface area contributed by atoms with Crippen molar-refractivity contribution >= 4 is 11.8 Å². The summed E-state index contributed by atoms with van der Waals surface area (Å²) in [6, 6.07) is 0. The zero-order chi connectivity index (χ0) is 17.8. The van der Waals surface area contributed by atoms with E-state index < -0.39 is 0 Å². The number of carbonyl (C=O) groups excluding carboxylic acids is 2. The Bertz CT molecular complexity index is 623. The highest BCUT2D eigenvalue weighted by atomic mass is 16.2. The van der Waals surface area contributed by atoms with Crippen molar-refractivity contribution in [1.82, 2.24) is 15.1 Å². The number of nitrogens with zero attached hydrogens (tertiary/aromatic N) is 2. The summed E-state index contributed by atoms with van der Waals surface area (Å²) in [5.41, 5.74) is 2.73. The molecule has 1 aromatic heterocycles. The van der Waals surface area contributed by atoms with Crippen molar-refractivity contribution < 1.29 is 9.59 Å². The first kappa shape index (κ1) is 18.2. The summed E-state index contributed by atoms with van der Waals surface area (Å²) in [5.74, 6) is 0.555. The molecule has 0 aromatic carbocycles. The van der Waals surface area contributed by atoms with E-state index in [0.717, 1.165) is 68.3 Å². The van der Waals surface area contributed by atoms with Crippen molar-refractivity contribution in [1.29, 1.82) is 0 Å². The molecular weight excluding hydrogens is 314 g/mol. The molecule has 0 radical (unpaired) electrons. The van der Waals surface area contributed by atoms with Crippen LogP contribution in [0.5, 0.6) is 0 Å². The van der Waals surface area contributed by atoms with Crippen LogP contribution in [-0.2, 0) is 11.3 Å². The van der Waals surface area contributed by atoms with Gasteiger partial charge in [-0.1, -0.05) is 38.5 Å². The predicted octanol–water partition coefficient (Wildman–Crippen LogP) is 3.92. The van der Waals surface area contributed by atoms with E-state index in [0.29, 0.717) is 6.54 Å². The number of rotatable bonds is 4. The molecule has 0 aliphatic heterocycles. The summed E-state index contributed by atoms with van der Waals surface area (Å²) in [7, 11) is 0. The molecule has 138 valence electrons. The van der Waals surface area contributed by atoms with Gasteiger partial charge in [0.1, 0.15) is 0 Å². The van der Waals surface area contributed by atoms with E-state index in [-0.39, 0.29) is 23.7 Å². The third-order valence-electron chi connectivity index (χ3n) is 6.02. The Hall–Kier alpha value is -1.65. The molecule has 5 heteroatoms. The number of nitrogens with one attached hydrogen (secondary N) is 1. The van der Waals surface area contributed by atoms with Crippen LogP contribution in [0.4, 0.5) is 0 Å². The van der Waals surface area contributed by atoms with Gasteiger partial charge in [0.15, 0.2) is 0 Å². The number of hydrogen-bond donors (Lipinski definition) is 1. The van der Waals surface area contributed by atoms with Crippen LogP contribution < -0.4 is 5.32 Å². The molecule has 5 nitrogen and oxygen atoms in total. The first-order valence-electron chi connectivity index (χ1n) is 9.95. The molecule has 2 saturated carbocycles. The Balaban J connectivity index is 1.64. The molecule has 2 aliphatic rings. The van der Waals surface area contributed by atoms with Crippen molar-refractivity contribution in [3.05, 3.63) is 17.0 Å². The minimum absolute atomic E-state index is 0.108. The van der Waals surface area contributed by atoms with E-state index in [4.69, 9.17) is 0 Å². The van der Waals surface area contributed by atoms with Crippen molar-refractivity contribution in [3.8, 4) is 0 Å². The van der Waals surface area contributed by atoms with Crippen LogP contribution in [0.2, 0.25) is 0 Å². The van der Waals surface area contributed by atoms with Gasteiger partial charge in [-0.05, 0) is 39.5 Å². The molecule has 0 spiro atoms. The fraction of sp³-hybridized carbons (Fsp3) is 0.750. The largest absolute Gasteiger partial charge is 0.352 e. The second-order valence-electron chi connectivity index (χ2n) is 7.79. The highest BCUT2D eigenvalue weighted by molar-refractivity contribution is 5.82. The minimum Gasteiger partial charge on any atom is -0.352 e. The van der Waals surface area contributed by atoms with Crippen molar-refractivity contribution in [2.45, 2.75) is 84.6 Å². The van der Waals surface area contributed by atoms with E-state index >= 15 is 0 Å². The van der Waals surface area contributed by atoms with E-state index in [2.05, 4.69) is 10.4 Å². The molecule has 0 atom stereocenters. The standard InChI is InChI=1S/C20H31N3O2/c1-14-18(13-21-19(24)16-9-5-3-6-10-16)15(2)23(22-14)20(25)17-11-7-4-8-12-17/h16-17H,3-13H2,1-2H3,(H,21,24). The molecule has 2 fully saturated rings. The number of hydrogen-bond acceptors (Lipinski definition) is 3. The van der Waals surface area contributed by atoms with Gasteiger partial charge in [0, 0.05) is 29.6 Å². The van der Waals surface area contributed by atoms with Crippen molar-refractivity contribution in [2.75, 3.05) is 0 Å². The molecule has 2 aliphatic carbocycles. The Kier molecular flexibility index (Phi) is 5.92. The quantitative estimate of drug-likeness (QED) is 0.899. The fourth-order valence-corrected chi connectivity index (χ4v) is 4.35. The highest BCUT2D eigenvalue weighted by Gasteiger charge is 2.26. The molecule has 0 bridgehead atoms. The fourth-order valence-electron chi connectivity index (χ4n) is 4.35. The molecule has 0 unspecified atom stereocenters. The first-order valence-corrected chi connectivity index (χ1v) is 9.95. The summed E-state index contributed by atoms with van der Waals surface area (Å²) < 4.78 is 1.59. The molecule has 1 aromatic rings. The van der Waals surface area contributed by atoms with Gasteiger partial charge in [0.2, 0.25) is 11.8 Å². The minimum atomic E-state index is 0.108. The lowest BCUT2D eigenvalue weighted by molar-refractivity contribution is -0.126. The highest BCUT2D eigenvalue weighted by Crippen LogP contribution is 2.27. The average molecular weight is 345 g/mol. The van der Waals surface area contributed by atoms with Crippen LogP contribution >= 0.6 is 0 Å². The maximum atomic E-state index is 12.8. The molecular formula is C20H31N3O2. The molecule has 1 amide bonds. The zero-order valence-corrected chi connectivity index (χ0v) is 15.6. The number of carbonyl (C=O) groups is 2. The van der Waals surface area contributed by atoms with Gasteiger partial charge in [0.05, 0.1) is 5.69 Å². The Morgan fingerprint density at radius 2 is 1.52 bits per heavy atom. The maximum Gasteiger partial charge on any atom is 0.250 e. The zero-order valence-electron chi connectivity index (χ0n) is 15.6. The normalized spacial score (nSPS) is 19.8. The van der Waals surface area contributed by atoms with Crippen LogP contribution in [0.15, 0.2) is 0 Å². The van der Waals surface area contributed by atoms with Crippen LogP contribution in [0, 0.1) is 25.7 Å². The van der Waals surface area contributed by atoms with Gasteiger partial charge in [-0.2, -0.15) is 5.10 Å². The predicted molar refractivity (Wildman–Crippen MR) is 97.3 cm³/mol. The van der Waals surface area contributed by atoms with Gasteiger partial charge in [-0.3, -0.25) is 9.59 Å². The second kappa shape index (κ2) is 8.15. The van der Waals surface area contributed by atoms with E-state index in [1.54, 1.807) is 4.68 Å². The number of amides is 1. The van der Waals surface area contributed by atoms with E-state index in [1.165, 1.54) is 12.8 Å². The summed E-state index contributed by atoms with van der Waals surface area (Å²) >= 11 is 0. The molecule has 3 rings (SSSR count). The molecule has 0 saturated heterocycles. The molecule has 1 heterocycles. The summed E-state index contributed by atoms with van der Waals surface area (Å²) in [4.78, 5) is 25.2. The van der Waals surface area contributed by atoms with Crippen molar-refractivity contribution in [2.24, 2.45) is 11.8 Å². The van der Waals surface area contributed by atoms with Gasteiger partial charge in [-0.15, -0.1) is 0 Å². The Morgan fingerprint density at radius 3 is 2.12 bits per heavy atom. The lowest BCUT2D eigenvalue weighted by atomic mass is 9.88. The number of aromatic nitrogens is 2. The average Bonchev–Trinajstić information content (AvgIpc) is 2.94. The molecule has 1 N–H and O–H groups in total.